The van der Waals surface area contributed by atoms with Crippen molar-refractivity contribution < 1.29 is 19.1 Å². The first-order chi connectivity index (χ1) is 6.02. The molecule has 0 rings (SSSR count). The number of nitrogens with zero attached hydrogens (tertiary/aromatic N) is 1. The summed E-state index contributed by atoms with van der Waals surface area (Å²) in [4.78, 5) is 23.2. The Morgan fingerprint density at radius 1 is 1.31 bits per heavy atom. The van der Waals surface area contributed by atoms with Gasteiger partial charge in [0.1, 0.15) is 0 Å². The number of methoxy groups -OCH3 is 2. The molecule has 0 aromatic carbocycles. The van der Waals surface area contributed by atoms with Crippen LogP contribution in [0.2, 0.25) is 0 Å². The second kappa shape index (κ2) is 5.40. The number of rotatable bonds is 3. The largest absolute Gasteiger partial charge is 0.469 e. The van der Waals surface area contributed by atoms with E-state index in [4.69, 9.17) is 0 Å². The molecule has 76 valence electrons. The van der Waals surface area contributed by atoms with Crippen LogP contribution in [0.25, 0.3) is 0 Å². The second-order valence-electron chi connectivity index (χ2n) is 2.77. The Balaban J connectivity index is 3.98. The lowest BCUT2D eigenvalue weighted by molar-refractivity contribution is -0.145. The van der Waals surface area contributed by atoms with Gasteiger partial charge in [0.15, 0.2) is 0 Å². The van der Waals surface area contributed by atoms with Crippen LogP contribution >= 0.6 is 0 Å². The molecular formula is C8H15NO4. The Hall–Kier alpha value is -1.26. The molecule has 1 amide bonds. The van der Waals surface area contributed by atoms with Crippen molar-refractivity contribution in [2.24, 2.45) is 5.92 Å². The number of hydrogen-bond acceptors (Lipinski definition) is 4. The molecule has 0 heterocycles. The molecule has 13 heavy (non-hydrogen) atoms. The highest BCUT2D eigenvalue weighted by molar-refractivity contribution is 5.73. The summed E-state index contributed by atoms with van der Waals surface area (Å²) in [6, 6.07) is 0. The van der Waals surface area contributed by atoms with Gasteiger partial charge in [-0.1, -0.05) is 6.92 Å². The fraction of sp³-hybridized carbons (Fsp3) is 0.750. The molecule has 0 aromatic rings. The molecule has 0 aliphatic rings. The minimum atomic E-state index is -0.462. The van der Waals surface area contributed by atoms with E-state index in [0.29, 0.717) is 6.54 Å². The van der Waals surface area contributed by atoms with Gasteiger partial charge in [-0.25, -0.2) is 4.79 Å². The maximum Gasteiger partial charge on any atom is 0.409 e. The van der Waals surface area contributed by atoms with Crippen molar-refractivity contribution in [1.29, 1.82) is 0 Å². The molecule has 0 spiro atoms. The molecule has 0 saturated carbocycles. The average molecular weight is 189 g/mol. The van der Waals surface area contributed by atoms with E-state index in [1.54, 1.807) is 14.0 Å². The lowest BCUT2D eigenvalue weighted by Crippen LogP contribution is -2.33. The zero-order valence-electron chi connectivity index (χ0n) is 8.36. The molecule has 5 heteroatoms. The predicted octanol–water partition coefficient (Wildman–Crippen LogP) is 0.494. The third-order valence-corrected chi connectivity index (χ3v) is 1.64. The first kappa shape index (κ1) is 11.7. The van der Waals surface area contributed by atoms with Gasteiger partial charge < -0.3 is 14.4 Å². The quantitative estimate of drug-likeness (QED) is 0.606. The van der Waals surface area contributed by atoms with Gasteiger partial charge >= 0.3 is 12.1 Å². The molecule has 0 N–H and O–H groups in total. The molecule has 0 bridgehead atoms. The van der Waals surface area contributed by atoms with Crippen molar-refractivity contribution in [3.05, 3.63) is 0 Å². The van der Waals surface area contributed by atoms with Crippen LogP contribution in [-0.2, 0) is 14.3 Å². The van der Waals surface area contributed by atoms with E-state index in [2.05, 4.69) is 9.47 Å². The smallest absolute Gasteiger partial charge is 0.409 e. The number of ether oxygens (including phenoxy) is 2. The third-order valence-electron chi connectivity index (χ3n) is 1.64. The Morgan fingerprint density at radius 2 is 1.85 bits per heavy atom. The van der Waals surface area contributed by atoms with E-state index in [-0.39, 0.29) is 11.9 Å². The van der Waals surface area contributed by atoms with Crippen LogP contribution in [-0.4, -0.2) is 44.8 Å². The summed E-state index contributed by atoms with van der Waals surface area (Å²) >= 11 is 0. The minimum absolute atomic E-state index is 0.291. The third kappa shape index (κ3) is 3.78. The topological polar surface area (TPSA) is 55.8 Å². The Labute approximate surface area is 77.6 Å². The SMILES string of the molecule is COC(=O)C(C)CN(C)C(=O)OC. The van der Waals surface area contributed by atoms with Crippen LogP contribution in [0.15, 0.2) is 0 Å². The summed E-state index contributed by atoms with van der Waals surface area (Å²) < 4.78 is 8.97. The van der Waals surface area contributed by atoms with E-state index in [1.807, 2.05) is 0 Å². The number of carbonyl (C=O) groups is 2. The fourth-order valence-electron chi connectivity index (χ4n) is 0.917. The van der Waals surface area contributed by atoms with E-state index >= 15 is 0 Å². The summed E-state index contributed by atoms with van der Waals surface area (Å²) in [5.41, 5.74) is 0. The summed E-state index contributed by atoms with van der Waals surface area (Å²) in [6.45, 7) is 1.98. The van der Waals surface area contributed by atoms with Crippen LogP contribution in [0, 0.1) is 5.92 Å². The molecule has 5 nitrogen and oxygen atoms in total. The number of carbonyl (C=O) groups excluding carboxylic acids is 2. The molecule has 0 aliphatic carbocycles. The van der Waals surface area contributed by atoms with E-state index in [9.17, 15) is 9.59 Å². The number of amides is 1. The molecule has 1 unspecified atom stereocenters. The lowest BCUT2D eigenvalue weighted by atomic mass is 10.2. The molecular weight excluding hydrogens is 174 g/mol. The molecule has 1 atom stereocenters. The summed E-state index contributed by atoms with van der Waals surface area (Å²) in [5.74, 6) is -0.676. The van der Waals surface area contributed by atoms with Gasteiger partial charge in [0.25, 0.3) is 0 Å². The van der Waals surface area contributed by atoms with Crippen LogP contribution < -0.4 is 0 Å². The lowest BCUT2D eigenvalue weighted by Gasteiger charge is -2.18. The average Bonchev–Trinajstić information content (AvgIpc) is 2.14. The Kier molecular flexibility index (Phi) is 4.87. The maximum absolute atomic E-state index is 11.0. The highest BCUT2D eigenvalue weighted by Gasteiger charge is 2.18. The van der Waals surface area contributed by atoms with Crippen molar-refractivity contribution >= 4 is 12.1 Å². The summed E-state index contributed by atoms with van der Waals surface area (Å²) in [7, 11) is 4.17. The van der Waals surface area contributed by atoms with Crippen LogP contribution in [0.5, 0.6) is 0 Å². The number of hydrogen-bond donors (Lipinski definition) is 0. The number of esters is 1. The molecule has 0 aliphatic heterocycles. The standard InChI is InChI=1S/C8H15NO4/c1-6(7(10)12-3)5-9(2)8(11)13-4/h6H,5H2,1-4H3. The molecule has 0 saturated heterocycles. The first-order valence-electron chi connectivity index (χ1n) is 3.89. The zero-order valence-corrected chi connectivity index (χ0v) is 8.36. The molecule has 0 aromatic heterocycles. The van der Waals surface area contributed by atoms with E-state index < -0.39 is 6.09 Å². The van der Waals surface area contributed by atoms with Crippen LogP contribution in [0.3, 0.4) is 0 Å². The highest BCUT2D eigenvalue weighted by Crippen LogP contribution is 2.01. The van der Waals surface area contributed by atoms with Gasteiger partial charge in [0.05, 0.1) is 20.1 Å². The van der Waals surface area contributed by atoms with Crippen molar-refractivity contribution in [2.75, 3.05) is 27.8 Å². The van der Waals surface area contributed by atoms with Gasteiger partial charge in [-0.2, -0.15) is 0 Å². The zero-order chi connectivity index (χ0) is 10.4. The van der Waals surface area contributed by atoms with Gasteiger partial charge in [-0.05, 0) is 0 Å². The normalized spacial score (nSPS) is 11.7. The monoisotopic (exact) mass is 189 g/mol. The summed E-state index contributed by atoms with van der Waals surface area (Å²) in [5, 5.41) is 0. The van der Waals surface area contributed by atoms with Gasteiger partial charge in [-0.3, -0.25) is 4.79 Å². The van der Waals surface area contributed by atoms with Crippen LogP contribution in [0.4, 0.5) is 4.79 Å². The Morgan fingerprint density at radius 3 is 2.23 bits per heavy atom. The van der Waals surface area contributed by atoms with Gasteiger partial charge in [0, 0.05) is 13.6 Å². The first-order valence-corrected chi connectivity index (χ1v) is 3.89. The van der Waals surface area contributed by atoms with E-state index in [1.165, 1.54) is 19.1 Å². The molecule has 0 radical (unpaired) electrons. The maximum atomic E-state index is 11.0. The minimum Gasteiger partial charge on any atom is -0.469 e. The fourth-order valence-corrected chi connectivity index (χ4v) is 0.917. The van der Waals surface area contributed by atoms with Gasteiger partial charge in [-0.15, -0.1) is 0 Å². The van der Waals surface area contributed by atoms with Crippen molar-refractivity contribution in [3.63, 3.8) is 0 Å². The van der Waals surface area contributed by atoms with Crippen molar-refractivity contribution in [3.8, 4) is 0 Å². The molecule has 0 fully saturated rings. The Bertz CT molecular complexity index is 173. The predicted molar refractivity (Wildman–Crippen MR) is 46.2 cm³/mol. The summed E-state index contributed by atoms with van der Waals surface area (Å²) in [6.07, 6.45) is -0.462. The van der Waals surface area contributed by atoms with Crippen molar-refractivity contribution in [1.82, 2.24) is 4.90 Å². The van der Waals surface area contributed by atoms with Crippen molar-refractivity contribution in [2.45, 2.75) is 6.92 Å². The van der Waals surface area contributed by atoms with Crippen LogP contribution in [0.1, 0.15) is 6.92 Å². The van der Waals surface area contributed by atoms with E-state index in [0.717, 1.165) is 0 Å². The second-order valence-corrected chi connectivity index (χ2v) is 2.77. The highest BCUT2D eigenvalue weighted by atomic mass is 16.5. The van der Waals surface area contributed by atoms with Gasteiger partial charge in [0.2, 0.25) is 0 Å².